The van der Waals surface area contributed by atoms with Crippen LogP contribution in [0.2, 0.25) is 0 Å². The number of hydrogen-bond acceptors (Lipinski definition) is 6. The number of ether oxygens (including phenoxy) is 4. The fourth-order valence-electron chi connectivity index (χ4n) is 3.09. The van der Waals surface area contributed by atoms with Gasteiger partial charge in [-0.15, -0.1) is 0 Å². The molecular formula is C22H17N3O5. The number of amides is 1. The number of anilines is 1. The van der Waals surface area contributed by atoms with Gasteiger partial charge in [-0.1, -0.05) is 6.07 Å². The van der Waals surface area contributed by atoms with Gasteiger partial charge in [-0.2, -0.15) is 0 Å². The van der Waals surface area contributed by atoms with E-state index in [1.54, 1.807) is 30.3 Å². The molecule has 0 saturated heterocycles. The third kappa shape index (κ3) is 3.70. The Morgan fingerprint density at radius 1 is 1.10 bits per heavy atom. The van der Waals surface area contributed by atoms with Crippen LogP contribution in [0.4, 0.5) is 5.69 Å². The molecule has 2 aromatic carbocycles. The van der Waals surface area contributed by atoms with E-state index in [1.165, 1.54) is 6.20 Å². The monoisotopic (exact) mass is 403 g/mol. The van der Waals surface area contributed by atoms with Crippen molar-refractivity contribution in [2.75, 3.05) is 18.7 Å². The summed E-state index contributed by atoms with van der Waals surface area (Å²) in [4.78, 5) is 19.6. The fourth-order valence-corrected chi connectivity index (χ4v) is 3.09. The molecule has 8 heteroatoms. The van der Waals surface area contributed by atoms with E-state index in [2.05, 4.69) is 15.3 Å². The normalized spacial score (nSPS) is 12.0. The quantitative estimate of drug-likeness (QED) is 0.503. The summed E-state index contributed by atoms with van der Waals surface area (Å²) in [6.07, 6.45) is 3.39. The molecule has 2 N–H and O–H groups in total. The Bertz CT molecular complexity index is 1200. The molecule has 8 nitrogen and oxygen atoms in total. The van der Waals surface area contributed by atoms with E-state index in [1.807, 2.05) is 30.5 Å². The lowest BCUT2D eigenvalue weighted by molar-refractivity contribution is -0.118. The Labute approximate surface area is 171 Å². The van der Waals surface area contributed by atoms with Crippen LogP contribution in [0.1, 0.15) is 0 Å². The van der Waals surface area contributed by atoms with Gasteiger partial charge in [0.15, 0.2) is 18.1 Å². The molecule has 0 radical (unpaired) electrons. The maximum absolute atomic E-state index is 12.2. The molecule has 2 aromatic heterocycles. The van der Waals surface area contributed by atoms with Crippen LogP contribution in [0, 0.1) is 0 Å². The number of pyridine rings is 1. The zero-order valence-corrected chi connectivity index (χ0v) is 15.8. The maximum atomic E-state index is 12.2. The van der Waals surface area contributed by atoms with Crippen molar-refractivity contribution in [2.24, 2.45) is 0 Å². The van der Waals surface area contributed by atoms with Crippen molar-refractivity contribution in [3.05, 3.63) is 67.0 Å². The Morgan fingerprint density at radius 2 is 2.03 bits per heavy atom. The molecule has 0 atom stereocenters. The van der Waals surface area contributed by atoms with E-state index < -0.39 is 0 Å². The summed E-state index contributed by atoms with van der Waals surface area (Å²) in [5.41, 5.74) is 1.53. The van der Waals surface area contributed by atoms with Gasteiger partial charge in [-0.3, -0.25) is 4.79 Å². The van der Waals surface area contributed by atoms with Crippen LogP contribution in [0.15, 0.2) is 67.0 Å². The van der Waals surface area contributed by atoms with Crippen LogP contribution in [0.5, 0.6) is 28.9 Å². The molecule has 0 aliphatic carbocycles. The molecule has 150 valence electrons. The molecule has 1 amide bonds. The summed E-state index contributed by atoms with van der Waals surface area (Å²) in [5.74, 6) is 2.61. The van der Waals surface area contributed by atoms with Gasteiger partial charge in [0.05, 0.1) is 11.9 Å². The lowest BCUT2D eigenvalue weighted by Crippen LogP contribution is -2.20. The molecule has 30 heavy (non-hydrogen) atoms. The number of aromatic nitrogens is 2. The molecule has 1 aliphatic heterocycles. The van der Waals surface area contributed by atoms with Crippen LogP contribution < -0.4 is 24.3 Å². The van der Waals surface area contributed by atoms with E-state index in [9.17, 15) is 4.79 Å². The Balaban J connectivity index is 1.17. The number of nitrogens with zero attached hydrogens (tertiary/aromatic N) is 1. The highest BCUT2D eigenvalue weighted by molar-refractivity contribution is 5.91. The van der Waals surface area contributed by atoms with Gasteiger partial charge in [-0.05, 0) is 36.4 Å². The highest BCUT2D eigenvalue weighted by Crippen LogP contribution is 2.35. The summed E-state index contributed by atoms with van der Waals surface area (Å²) in [6.45, 7) is 0.0414. The second kappa shape index (κ2) is 7.67. The van der Waals surface area contributed by atoms with Gasteiger partial charge in [0.25, 0.3) is 5.91 Å². The van der Waals surface area contributed by atoms with E-state index in [4.69, 9.17) is 18.9 Å². The number of carbonyl (C=O) groups excluding carboxylic acids is 1. The molecule has 0 unspecified atom stereocenters. The predicted molar refractivity (Wildman–Crippen MR) is 109 cm³/mol. The van der Waals surface area contributed by atoms with E-state index in [0.717, 1.165) is 10.9 Å². The highest BCUT2D eigenvalue weighted by Gasteiger charge is 2.14. The largest absolute Gasteiger partial charge is 0.484 e. The Hall–Kier alpha value is -4.20. The van der Waals surface area contributed by atoms with Gasteiger partial charge in [0, 0.05) is 29.2 Å². The van der Waals surface area contributed by atoms with Gasteiger partial charge in [-0.25, -0.2) is 4.98 Å². The first-order chi connectivity index (χ1) is 14.7. The van der Waals surface area contributed by atoms with E-state index in [0.29, 0.717) is 34.6 Å². The number of nitrogens with one attached hydrogen (secondary N) is 2. The number of rotatable bonds is 6. The number of H-pyrrole nitrogens is 1. The number of aromatic amines is 1. The predicted octanol–water partition coefficient (Wildman–Crippen LogP) is 4.10. The first kappa shape index (κ1) is 17.9. The lowest BCUT2D eigenvalue weighted by Gasteiger charge is -2.09. The van der Waals surface area contributed by atoms with E-state index >= 15 is 0 Å². The molecule has 0 spiro atoms. The van der Waals surface area contributed by atoms with Crippen molar-refractivity contribution in [3.8, 4) is 28.9 Å². The molecule has 0 bridgehead atoms. The Morgan fingerprint density at radius 3 is 2.93 bits per heavy atom. The second-order valence-corrected chi connectivity index (χ2v) is 6.53. The van der Waals surface area contributed by atoms with Crippen molar-refractivity contribution in [1.82, 2.24) is 9.97 Å². The van der Waals surface area contributed by atoms with Crippen molar-refractivity contribution < 1.29 is 23.7 Å². The number of carbonyl (C=O) groups is 1. The molecule has 0 saturated carbocycles. The average molecular weight is 403 g/mol. The molecule has 0 fully saturated rings. The zero-order chi connectivity index (χ0) is 20.3. The van der Waals surface area contributed by atoms with Crippen LogP contribution >= 0.6 is 0 Å². The third-order valence-electron chi connectivity index (χ3n) is 4.50. The number of hydrogen-bond donors (Lipinski definition) is 2. The maximum Gasteiger partial charge on any atom is 0.262 e. The van der Waals surface area contributed by atoms with Crippen molar-refractivity contribution in [1.29, 1.82) is 0 Å². The van der Waals surface area contributed by atoms with Crippen molar-refractivity contribution >= 4 is 22.5 Å². The SMILES string of the molecule is O=C(COc1ccc2c(c1)OCO2)Nc1ccc(Oc2cccc3[nH]ccc23)nc1. The van der Waals surface area contributed by atoms with Gasteiger partial charge in [0.2, 0.25) is 12.7 Å². The lowest BCUT2D eigenvalue weighted by atomic mass is 10.2. The van der Waals surface area contributed by atoms with Crippen LogP contribution in [0.3, 0.4) is 0 Å². The fraction of sp³-hybridized carbons (Fsp3) is 0.0909. The van der Waals surface area contributed by atoms with Gasteiger partial charge in [0.1, 0.15) is 11.5 Å². The van der Waals surface area contributed by atoms with Crippen LogP contribution in [0.25, 0.3) is 10.9 Å². The van der Waals surface area contributed by atoms with Crippen LogP contribution in [-0.2, 0) is 4.79 Å². The Kier molecular flexibility index (Phi) is 4.57. The van der Waals surface area contributed by atoms with E-state index in [-0.39, 0.29) is 19.3 Å². The topological polar surface area (TPSA) is 94.7 Å². The van der Waals surface area contributed by atoms with Crippen LogP contribution in [-0.4, -0.2) is 29.3 Å². The first-order valence-corrected chi connectivity index (χ1v) is 9.27. The standard InChI is InChI=1S/C22H17N3O5/c26-21(12-27-15-5-6-19-20(10-15)29-13-28-19)25-14-4-7-22(24-11-14)30-18-3-1-2-17-16(18)8-9-23-17/h1-11,23H,12-13H2,(H,25,26). The minimum Gasteiger partial charge on any atom is -0.484 e. The summed E-state index contributed by atoms with van der Waals surface area (Å²) in [7, 11) is 0. The molecule has 1 aliphatic rings. The van der Waals surface area contributed by atoms with Gasteiger partial charge >= 0.3 is 0 Å². The third-order valence-corrected chi connectivity index (χ3v) is 4.50. The summed E-state index contributed by atoms with van der Waals surface area (Å²) in [6, 6.07) is 16.3. The zero-order valence-electron chi connectivity index (χ0n) is 15.8. The second-order valence-electron chi connectivity index (χ2n) is 6.53. The minimum atomic E-state index is -0.305. The summed E-state index contributed by atoms with van der Waals surface area (Å²) < 4.78 is 21.9. The van der Waals surface area contributed by atoms with Crippen molar-refractivity contribution in [3.63, 3.8) is 0 Å². The molecule has 3 heterocycles. The molecule has 4 aromatic rings. The highest BCUT2D eigenvalue weighted by atomic mass is 16.7. The smallest absolute Gasteiger partial charge is 0.262 e. The average Bonchev–Trinajstić information content (AvgIpc) is 3.43. The first-order valence-electron chi connectivity index (χ1n) is 9.27. The van der Waals surface area contributed by atoms with Crippen molar-refractivity contribution in [2.45, 2.75) is 0 Å². The summed E-state index contributed by atoms with van der Waals surface area (Å²) in [5, 5.41) is 3.71. The molecule has 5 rings (SSSR count). The van der Waals surface area contributed by atoms with Gasteiger partial charge < -0.3 is 29.2 Å². The number of fused-ring (bicyclic) bond motifs is 2. The number of benzene rings is 2. The summed E-state index contributed by atoms with van der Waals surface area (Å²) >= 11 is 0. The molecular weight excluding hydrogens is 386 g/mol. The minimum absolute atomic E-state index is 0.145.